The lowest BCUT2D eigenvalue weighted by Crippen LogP contribution is -2.44. The molecule has 7 nitrogen and oxygen atoms in total. The monoisotopic (exact) mass is 327 g/mol. The fraction of sp³-hybridized carbons (Fsp3) is 0.353. The molecule has 1 aliphatic rings. The van der Waals surface area contributed by atoms with Crippen molar-refractivity contribution >= 4 is 17.6 Å². The van der Waals surface area contributed by atoms with Crippen molar-refractivity contribution in [2.24, 2.45) is 4.99 Å². The van der Waals surface area contributed by atoms with E-state index in [1.165, 1.54) is 11.8 Å². The highest BCUT2D eigenvalue weighted by molar-refractivity contribution is 5.98. The predicted molar refractivity (Wildman–Crippen MR) is 91.8 cm³/mol. The van der Waals surface area contributed by atoms with Gasteiger partial charge in [-0.15, -0.1) is 0 Å². The van der Waals surface area contributed by atoms with E-state index in [2.05, 4.69) is 21.5 Å². The lowest BCUT2D eigenvalue weighted by Gasteiger charge is -2.23. The predicted octanol–water partition coefficient (Wildman–Crippen LogP) is 1.27. The standard InChI is InChI=1S/C17H21N5O2/c1-18-17(21(2)12-14-8-10-24-20-14)19-11-16(23)22-9-7-13-5-3-4-6-15(13)22/h3-6,8,10H,7,9,11-12H2,1-2H3,(H,18,19). The molecule has 3 rings (SSSR count). The Balaban J connectivity index is 1.57. The summed E-state index contributed by atoms with van der Waals surface area (Å²) < 4.78 is 4.83. The summed E-state index contributed by atoms with van der Waals surface area (Å²) in [5, 5.41) is 7.00. The summed E-state index contributed by atoms with van der Waals surface area (Å²) in [6, 6.07) is 9.83. The Kier molecular flexibility index (Phi) is 4.79. The van der Waals surface area contributed by atoms with Gasteiger partial charge in [0.25, 0.3) is 0 Å². The third-order valence-corrected chi connectivity index (χ3v) is 4.05. The number of amides is 1. The van der Waals surface area contributed by atoms with Crippen LogP contribution in [-0.2, 0) is 17.8 Å². The number of anilines is 1. The second kappa shape index (κ2) is 7.16. The molecule has 0 saturated carbocycles. The lowest BCUT2D eigenvalue weighted by molar-refractivity contribution is -0.117. The van der Waals surface area contributed by atoms with Crippen molar-refractivity contribution < 1.29 is 9.32 Å². The number of benzene rings is 1. The summed E-state index contributed by atoms with van der Waals surface area (Å²) in [4.78, 5) is 20.5. The Hall–Kier alpha value is -2.83. The van der Waals surface area contributed by atoms with E-state index in [-0.39, 0.29) is 12.5 Å². The van der Waals surface area contributed by atoms with Gasteiger partial charge in [0.2, 0.25) is 5.91 Å². The molecular weight excluding hydrogens is 306 g/mol. The number of nitrogens with one attached hydrogen (secondary N) is 1. The molecule has 2 aromatic rings. The van der Waals surface area contributed by atoms with Crippen LogP contribution in [0.4, 0.5) is 5.69 Å². The van der Waals surface area contributed by atoms with Crippen LogP contribution in [0.2, 0.25) is 0 Å². The van der Waals surface area contributed by atoms with Crippen LogP contribution in [0, 0.1) is 0 Å². The Morgan fingerprint density at radius 3 is 3.00 bits per heavy atom. The number of hydrogen-bond donors (Lipinski definition) is 1. The maximum Gasteiger partial charge on any atom is 0.246 e. The van der Waals surface area contributed by atoms with E-state index in [0.29, 0.717) is 12.5 Å². The van der Waals surface area contributed by atoms with E-state index >= 15 is 0 Å². The molecular formula is C17H21N5O2. The summed E-state index contributed by atoms with van der Waals surface area (Å²) in [6.45, 7) is 1.48. The molecule has 1 amide bonds. The number of nitrogens with zero attached hydrogens (tertiary/aromatic N) is 4. The molecule has 0 radical (unpaired) electrons. The van der Waals surface area contributed by atoms with Crippen LogP contribution in [0.15, 0.2) is 46.1 Å². The van der Waals surface area contributed by atoms with Gasteiger partial charge in [-0.05, 0) is 18.1 Å². The highest BCUT2D eigenvalue weighted by Gasteiger charge is 2.24. The van der Waals surface area contributed by atoms with Crippen LogP contribution in [-0.4, -0.2) is 49.1 Å². The number of aliphatic imine (C=N–C) groups is 1. The molecule has 1 aromatic heterocycles. The molecule has 0 spiro atoms. The van der Waals surface area contributed by atoms with Crippen LogP contribution >= 0.6 is 0 Å². The zero-order valence-electron chi connectivity index (χ0n) is 13.9. The third kappa shape index (κ3) is 3.40. The quantitative estimate of drug-likeness (QED) is 0.676. The van der Waals surface area contributed by atoms with Gasteiger partial charge in [0.05, 0.1) is 13.1 Å². The number of carbonyl (C=O) groups is 1. The SMILES string of the molecule is CN=C(NCC(=O)N1CCc2ccccc21)N(C)Cc1ccon1. The fourth-order valence-corrected chi connectivity index (χ4v) is 2.87. The number of hydrogen-bond acceptors (Lipinski definition) is 4. The van der Waals surface area contributed by atoms with Crippen molar-refractivity contribution in [2.45, 2.75) is 13.0 Å². The molecule has 1 aromatic carbocycles. The molecule has 0 bridgehead atoms. The first-order valence-corrected chi connectivity index (χ1v) is 7.88. The number of fused-ring (bicyclic) bond motifs is 1. The molecule has 24 heavy (non-hydrogen) atoms. The minimum atomic E-state index is 0.0379. The summed E-state index contributed by atoms with van der Waals surface area (Å²) in [5.41, 5.74) is 3.04. The Labute approximate surface area is 140 Å². The maximum absolute atomic E-state index is 12.5. The summed E-state index contributed by atoms with van der Waals surface area (Å²) in [7, 11) is 3.58. The molecule has 0 fully saturated rings. The zero-order valence-corrected chi connectivity index (χ0v) is 13.9. The molecule has 0 saturated heterocycles. The zero-order chi connectivity index (χ0) is 16.9. The summed E-state index contributed by atoms with van der Waals surface area (Å²) in [6.07, 6.45) is 2.44. The number of guanidine groups is 1. The molecule has 0 atom stereocenters. The van der Waals surface area contributed by atoms with Crippen LogP contribution in [0.1, 0.15) is 11.3 Å². The fourth-order valence-electron chi connectivity index (χ4n) is 2.87. The van der Waals surface area contributed by atoms with Gasteiger partial charge in [0.1, 0.15) is 12.0 Å². The first kappa shape index (κ1) is 16.0. The van der Waals surface area contributed by atoms with Gasteiger partial charge < -0.3 is 19.6 Å². The molecule has 1 N–H and O–H groups in total. The average Bonchev–Trinajstić information content (AvgIpc) is 3.24. The second-order valence-electron chi connectivity index (χ2n) is 5.67. The Morgan fingerprint density at radius 2 is 2.25 bits per heavy atom. The van der Waals surface area contributed by atoms with Gasteiger partial charge in [0, 0.05) is 32.4 Å². The van der Waals surface area contributed by atoms with Crippen molar-refractivity contribution in [3.63, 3.8) is 0 Å². The topological polar surface area (TPSA) is 74.0 Å². The van der Waals surface area contributed by atoms with E-state index < -0.39 is 0 Å². The molecule has 2 heterocycles. The number of aromatic nitrogens is 1. The van der Waals surface area contributed by atoms with Crippen molar-refractivity contribution in [3.8, 4) is 0 Å². The first-order valence-electron chi connectivity index (χ1n) is 7.88. The highest BCUT2D eigenvalue weighted by Crippen LogP contribution is 2.27. The molecule has 0 unspecified atom stereocenters. The van der Waals surface area contributed by atoms with Crippen LogP contribution in [0.5, 0.6) is 0 Å². The van der Waals surface area contributed by atoms with Gasteiger partial charge in [-0.1, -0.05) is 23.4 Å². The largest absolute Gasteiger partial charge is 0.364 e. The van der Waals surface area contributed by atoms with E-state index in [0.717, 1.165) is 24.3 Å². The summed E-state index contributed by atoms with van der Waals surface area (Å²) >= 11 is 0. The number of rotatable bonds is 4. The molecule has 0 aliphatic carbocycles. The van der Waals surface area contributed by atoms with Crippen molar-refractivity contribution in [1.29, 1.82) is 0 Å². The van der Waals surface area contributed by atoms with Crippen LogP contribution in [0.3, 0.4) is 0 Å². The second-order valence-corrected chi connectivity index (χ2v) is 5.67. The first-order chi connectivity index (χ1) is 11.7. The van der Waals surface area contributed by atoms with E-state index in [1.807, 2.05) is 35.0 Å². The van der Waals surface area contributed by atoms with Gasteiger partial charge in [-0.2, -0.15) is 0 Å². The van der Waals surface area contributed by atoms with E-state index in [4.69, 9.17) is 4.52 Å². The van der Waals surface area contributed by atoms with E-state index in [9.17, 15) is 4.79 Å². The minimum absolute atomic E-state index is 0.0379. The van der Waals surface area contributed by atoms with Gasteiger partial charge in [-0.3, -0.25) is 9.79 Å². The van der Waals surface area contributed by atoms with Crippen molar-refractivity contribution in [2.75, 3.05) is 32.1 Å². The van der Waals surface area contributed by atoms with Gasteiger partial charge in [-0.25, -0.2) is 0 Å². The molecule has 1 aliphatic heterocycles. The average molecular weight is 327 g/mol. The van der Waals surface area contributed by atoms with Crippen LogP contribution < -0.4 is 10.2 Å². The number of para-hydroxylation sites is 1. The lowest BCUT2D eigenvalue weighted by atomic mass is 10.2. The highest BCUT2D eigenvalue weighted by atomic mass is 16.5. The Morgan fingerprint density at radius 1 is 1.42 bits per heavy atom. The van der Waals surface area contributed by atoms with E-state index in [1.54, 1.807) is 13.1 Å². The Bertz CT molecular complexity index is 726. The normalized spacial score (nSPS) is 13.8. The smallest absolute Gasteiger partial charge is 0.246 e. The van der Waals surface area contributed by atoms with Gasteiger partial charge in [0.15, 0.2) is 5.96 Å². The number of carbonyl (C=O) groups excluding carboxylic acids is 1. The minimum Gasteiger partial charge on any atom is -0.364 e. The van der Waals surface area contributed by atoms with Crippen LogP contribution in [0.25, 0.3) is 0 Å². The van der Waals surface area contributed by atoms with Crippen molar-refractivity contribution in [1.82, 2.24) is 15.4 Å². The maximum atomic E-state index is 12.5. The molecule has 126 valence electrons. The third-order valence-electron chi connectivity index (χ3n) is 4.05. The summed E-state index contributed by atoms with van der Waals surface area (Å²) in [5.74, 6) is 0.676. The van der Waals surface area contributed by atoms with Gasteiger partial charge >= 0.3 is 0 Å². The van der Waals surface area contributed by atoms with Crippen molar-refractivity contribution in [3.05, 3.63) is 47.9 Å². The molecule has 7 heteroatoms.